The van der Waals surface area contributed by atoms with Crippen LogP contribution in [0.5, 0.6) is 11.5 Å². The maximum absolute atomic E-state index is 13.4. The Hall–Kier alpha value is -3.20. The molecule has 2 aromatic carbocycles. The molecule has 0 saturated carbocycles. The van der Waals surface area contributed by atoms with Gasteiger partial charge in [0, 0.05) is 64.1 Å². The van der Waals surface area contributed by atoms with Crippen molar-refractivity contribution in [1.29, 1.82) is 0 Å². The van der Waals surface area contributed by atoms with E-state index in [2.05, 4.69) is 4.90 Å². The van der Waals surface area contributed by atoms with Crippen molar-refractivity contribution < 1.29 is 27.8 Å². The van der Waals surface area contributed by atoms with Gasteiger partial charge in [0.25, 0.3) is 5.91 Å². The lowest BCUT2D eigenvalue weighted by molar-refractivity contribution is -0.141. The highest BCUT2D eigenvalue weighted by atomic mass is 19.1. The van der Waals surface area contributed by atoms with Crippen LogP contribution in [0, 0.1) is 17.6 Å². The third-order valence-corrected chi connectivity index (χ3v) is 6.57. The number of hydrogen-bond donors (Lipinski definition) is 0. The Balaban J connectivity index is 1.40. The summed E-state index contributed by atoms with van der Waals surface area (Å²) in [6.07, 6.45) is 0.499. The molecule has 0 unspecified atom stereocenters. The molecule has 0 N–H and O–H groups in total. The molecule has 188 valence electrons. The number of likely N-dealkylation sites (tertiary alicyclic amines) is 1. The highest BCUT2D eigenvalue weighted by Gasteiger charge is 2.35. The van der Waals surface area contributed by atoms with E-state index < -0.39 is 5.82 Å². The number of benzene rings is 2. The molecule has 4 rings (SSSR count). The van der Waals surface area contributed by atoms with E-state index in [1.807, 2.05) is 11.9 Å². The first kappa shape index (κ1) is 24.9. The number of rotatable bonds is 7. The van der Waals surface area contributed by atoms with Crippen molar-refractivity contribution in [2.45, 2.75) is 18.9 Å². The molecule has 2 atom stereocenters. The van der Waals surface area contributed by atoms with Gasteiger partial charge in [-0.1, -0.05) is 6.07 Å². The van der Waals surface area contributed by atoms with Gasteiger partial charge in [0.05, 0.1) is 0 Å². The standard InChI is InChI=1S/C26H31F2N3O4/c1-29-11-13-30(14-12-29)25(32)15-19-17-31(26(33)18-34-23-4-2-3-21(28)16-23)10-9-24(19)35-22-7-5-20(27)6-8-22/h2-8,16,19,24H,9-15,17-18H2,1H3/t19-,24-/m0/s1. The van der Waals surface area contributed by atoms with Gasteiger partial charge in [-0.3, -0.25) is 9.59 Å². The smallest absolute Gasteiger partial charge is 0.260 e. The third kappa shape index (κ3) is 6.91. The number of carbonyl (C=O) groups excluding carboxylic acids is 2. The lowest BCUT2D eigenvalue weighted by Crippen LogP contribution is -2.52. The van der Waals surface area contributed by atoms with Crippen LogP contribution in [0.25, 0.3) is 0 Å². The van der Waals surface area contributed by atoms with Crippen molar-refractivity contribution in [2.75, 3.05) is 52.9 Å². The summed E-state index contributed by atoms with van der Waals surface area (Å²) in [4.78, 5) is 31.6. The second-order valence-corrected chi connectivity index (χ2v) is 9.13. The van der Waals surface area contributed by atoms with Crippen molar-refractivity contribution in [2.24, 2.45) is 5.92 Å². The largest absolute Gasteiger partial charge is 0.490 e. The number of piperidine rings is 1. The summed E-state index contributed by atoms with van der Waals surface area (Å²) >= 11 is 0. The first-order valence-corrected chi connectivity index (χ1v) is 11.9. The Kier molecular flexibility index (Phi) is 8.17. The van der Waals surface area contributed by atoms with E-state index in [0.29, 0.717) is 38.3 Å². The average Bonchev–Trinajstić information content (AvgIpc) is 2.85. The maximum Gasteiger partial charge on any atom is 0.260 e. The number of halogens is 2. The van der Waals surface area contributed by atoms with E-state index >= 15 is 0 Å². The quantitative estimate of drug-likeness (QED) is 0.601. The summed E-state index contributed by atoms with van der Waals surface area (Å²) in [5, 5.41) is 0. The third-order valence-electron chi connectivity index (χ3n) is 6.57. The lowest BCUT2D eigenvalue weighted by Gasteiger charge is -2.39. The van der Waals surface area contributed by atoms with E-state index in [9.17, 15) is 18.4 Å². The van der Waals surface area contributed by atoms with Gasteiger partial charge in [-0.05, 0) is 43.4 Å². The highest BCUT2D eigenvalue weighted by Crippen LogP contribution is 2.27. The number of ether oxygens (including phenoxy) is 2. The second-order valence-electron chi connectivity index (χ2n) is 9.13. The van der Waals surface area contributed by atoms with Gasteiger partial charge in [-0.15, -0.1) is 0 Å². The molecule has 0 bridgehead atoms. The van der Waals surface area contributed by atoms with Gasteiger partial charge < -0.3 is 24.2 Å². The van der Waals surface area contributed by atoms with Crippen molar-refractivity contribution in [3.63, 3.8) is 0 Å². The fraction of sp³-hybridized carbons (Fsp3) is 0.462. The van der Waals surface area contributed by atoms with Crippen LogP contribution in [0.2, 0.25) is 0 Å². The van der Waals surface area contributed by atoms with Crippen LogP contribution in [-0.2, 0) is 9.59 Å². The molecular weight excluding hydrogens is 456 g/mol. The number of nitrogens with zero attached hydrogens (tertiary/aromatic N) is 3. The molecule has 7 nitrogen and oxygen atoms in total. The van der Waals surface area contributed by atoms with Crippen LogP contribution in [0.15, 0.2) is 48.5 Å². The highest BCUT2D eigenvalue weighted by molar-refractivity contribution is 5.79. The molecule has 0 radical (unpaired) electrons. The average molecular weight is 488 g/mol. The van der Waals surface area contributed by atoms with E-state index in [1.54, 1.807) is 23.1 Å². The van der Waals surface area contributed by atoms with Crippen LogP contribution < -0.4 is 9.47 Å². The van der Waals surface area contributed by atoms with Gasteiger partial charge >= 0.3 is 0 Å². The fourth-order valence-electron chi connectivity index (χ4n) is 4.48. The Bertz CT molecular complexity index is 1010. The zero-order chi connectivity index (χ0) is 24.8. The molecule has 0 spiro atoms. The van der Waals surface area contributed by atoms with E-state index in [-0.39, 0.29) is 48.4 Å². The molecule has 2 amide bonds. The molecule has 9 heteroatoms. The second kappa shape index (κ2) is 11.5. The van der Waals surface area contributed by atoms with Crippen LogP contribution in [0.1, 0.15) is 12.8 Å². The number of hydrogen-bond acceptors (Lipinski definition) is 5. The van der Waals surface area contributed by atoms with Gasteiger partial charge in [-0.2, -0.15) is 0 Å². The predicted octanol–water partition coefficient (Wildman–Crippen LogP) is 2.80. The van der Waals surface area contributed by atoms with Crippen molar-refractivity contribution in [3.05, 3.63) is 60.2 Å². The van der Waals surface area contributed by atoms with Gasteiger partial charge in [0.1, 0.15) is 29.2 Å². The van der Waals surface area contributed by atoms with Crippen LogP contribution >= 0.6 is 0 Å². The molecule has 2 saturated heterocycles. The van der Waals surface area contributed by atoms with Crippen LogP contribution in [0.4, 0.5) is 8.78 Å². The topological polar surface area (TPSA) is 62.3 Å². The number of piperazine rings is 1. The Labute approximate surface area is 204 Å². The van der Waals surface area contributed by atoms with Crippen molar-refractivity contribution in [3.8, 4) is 11.5 Å². The molecule has 2 aromatic rings. The first-order chi connectivity index (χ1) is 16.9. The minimum absolute atomic E-state index is 0.0427. The summed E-state index contributed by atoms with van der Waals surface area (Å²) in [7, 11) is 2.03. The van der Waals surface area contributed by atoms with E-state index in [0.717, 1.165) is 13.1 Å². The van der Waals surface area contributed by atoms with Crippen molar-refractivity contribution >= 4 is 11.8 Å². The van der Waals surface area contributed by atoms with E-state index in [4.69, 9.17) is 9.47 Å². The zero-order valence-electron chi connectivity index (χ0n) is 19.9. The summed E-state index contributed by atoms with van der Waals surface area (Å²) in [5.74, 6) is -0.377. The van der Waals surface area contributed by atoms with Gasteiger partial charge in [0.2, 0.25) is 5.91 Å². The molecular formula is C26H31F2N3O4. The minimum atomic E-state index is -0.434. The zero-order valence-corrected chi connectivity index (χ0v) is 19.9. The van der Waals surface area contributed by atoms with E-state index in [1.165, 1.54) is 30.3 Å². The fourth-order valence-corrected chi connectivity index (χ4v) is 4.48. The summed E-state index contributed by atoms with van der Waals surface area (Å²) in [5.41, 5.74) is 0. The molecule has 2 heterocycles. The Morgan fingerprint density at radius 2 is 1.63 bits per heavy atom. The maximum atomic E-state index is 13.4. The number of carbonyl (C=O) groups is 2. The normalized spacial score (nSPS) is 21.0. The Morgan fingerprint density at radius 3 is 2.34 bits per heavy atom. The molecule has 2 aliphatic rings. The Morgan fingerprint density at radius 1 is 0.886 bits per heavy atom. The summed E-state index contributed by atoms with van der Waals surface area (Å²) < 4.78 is 38.3. The minimum Gasteiger partial charge on any atom is -0.490 e. The summed E-state index contributed by atoms with van der Waals surface area (Å²) in [6, 6.07) is 11.5. The predicted molar refractivity (Wildman–Crippen MR) is 126 cm³/mol. The van der Waals surface area contributed by atoms with Gasteiger partial charge in [-0.25, -0.2) is 8.78 Å². The molecule has 35 heavy (non-hydrogen) atoms. The van der Waals surface area contributed by atoms with Crippen LogP contribution in [-0.4, -0.2) is 85.5 Å². The molecule has 0 aromatic heterocycles. The lowest BCUT2D eigenvalue weighted by atomic mass is 9.90. The molecule has 2 fully saturated rings. The van der Waals surface area contributed by atoms with Gasteiger partial charge in [0.15, 0.2) is 6.61 Å². The number of likely N-dealkylation sites (N-methyl/N-ethyl adjacent to an activating group) is 1. The molecule has 2 aliphatic heterocycles. The monoisotopic (exact) mass is 487 g/mol. The summed E-state index contributed by atoms with van der Waals surface area (Å²) in [6.45, 7) is 3.58. The molecule has 0 aliphatic carbocycles. The first-order valence-electron chi connectivity index (χ1n) is 11.9. The SMILES string of the molecule is CN1CCN(C(=O)C[C@H]2CN(C(=O)COc3cccc(F)c3)CC[C@@H]2Oc2ccc(F)cc2)CC1. The number of amides is 2. The van der Waals surface area contributed by atoms with Crippen LogP contribution in [0.3, 0.4) is 0 Å². The van der Waals surface area contributed by atoms with Crippen molar-refractivity contribution in [1.82, 2.24) is 14.7 Å².